The van der Waals surface area contributed by atoms with E-state index in [1.165, 1.54) is 0 Å². The second-order valence-corrected chi connectivity index (χ2v) is 8.70. The molecule has 6 heteroatoms. The number of amides is 1. The molecule has 2 atom stereocenters. The molecule has 2 N–H and O–H groups in total. The van der Waals surface area contributed by atoms with Gasteiger partial charge in [-0.1, -0.05) is 42.5 Å². The number of benzene rings is 3. The van der Waals surface area contributed by atoms with Crippen molar-refractivity contribution in [2.45, 2.75) is 18.6 Å². The molecule has 6 nitrogen and oxygen atoms in total. The molecule has 0 bridgehead atoms. The van der Waals surface area contributed by atoms with Crippen LogP contribution in [0.1, 0.15) is 22.7 Å². The van der Waals surface area contributed by atoms with Gasteiger partial charge in [0, 0.05) is 41.6 Å². The number of nitrogens with zero attached hydrogens (tertiary/aromatic N) is 1. The minimum atomic E-state index is -0.628. The fourth-order valence-electron chi connectivity index (χ4n) is 5.09. The van der Waals surface area contributed by atoms with Crippen LogP contribution in [-0.4, -0.2) is 28.5 Å². The van der Waals surface area contributed by atoms with Gasteiger partial charge in [-0.05, 0) is 41.5 Å². The molecule has 0 radical (unpaired) electrons. The molecule has 1 aliphatic heterocycles. The topological polar surface area (TPSA) is 72.7 Å². The van der Waals surface area contributed by atoms with Crippen LogP contribution in [-0.2, 0) is 18.3 Å². The SMILES string of the molecule is Cn1c(-c2ccc3c(c2)OCO3)c(/C=C/C(=O)N[C@@H]2c3ccccc3C[C@@H]2O)c2ccccc21. The highest BCUT2D eigenvalue weighted by Gasteiger charge is 2.31. The Kier molecular flexibility index (Phi) is 4.89. The number of ether oxygens (including phenoxy) is 2. The molecule has 4 aromatic rings. The van der Waals surface area contributed by atoms with Crippen LogP contribution < -0.4 is 14.8 Å². The van der Waals surface area contributed by atoms with E-state index in [0.717, 1.165) is 44.6 Å². The Morgan fingerprint density at radius 3 is 2.76 bits per heavy atom. The van der Waals surface area contributed by atoms with Gasteiger partial charge >= 0.3 is 0 Å². The molecule has 2 heterocycles. The van der Waals surface area contributed by atoms with Gasteiger partial charge in [0.05, 0.1) is 17.8 Å². The van der Waals surface area contributed by atoms with Crippen LogP contribution in [0.3, 0.4) is 0 Å². The number of hydrogen-bond donors (Lipinski definition) is 2. The van der Waals surface area contributed by atoms with E-state index in [0.29, 0.717) is 12.2 Å². The van der Waals surface area contributed by atoms with Crippen molar-refractivity contribution in [3.8, 4) is 22.8 Å². The van der Waals surface area contributed by atoms with Crippen molar-refractivity contribution >= 4 is 22.9 Å². The van der Waals surface area contributed by atoms with Gasteiger partial charge in [0.2, 0.25) is 12.7 Å². The number of hydrogen-bond acceptors (Lipinski definition) is 4. The van der Waals surface area contributed by atoms with Gasteiger partial charge in [0.25, 0.3) is 0 Å². The predicted molar refractivity (Wildman–Crippen MR) is 131 cm³/mol. The fraction of sp³-hybridized carbons (Fsp3) is 0.179. The third kappa shape index (κ3) is 3.35. The number of aliphatic hydroxyl groups is 1. The molecule has 0 unspecified atom stereocenters. The monoisotopic (exact) mass is 452 g/mol. The molecule has 1 aromatic heterocycles. The normalized spacial score (nSPS) is 18.5. The van der Waals surface area contributed by atoms with E-state index < -0.39 is 12.1 Å². The Balaban J connectivity index is 1.36. The van der Waals surface area contributed by atoms with Gasteiger partial charge < -0.3 is 24.5 Å². The molecular weight excluding hydrogens is 428 g/mol. The van der Waals surface area contributed by atoms with Crippen molar-refractivity contribution in [1.82, 2.24) is 9.88 Å². The van der Waals surface area contributed by atoms with E-state index in [9.17, 15) is 9.90 Å². The maximum atomic E-state index is 12.9. The van der Waals surface area contributed by atoms with Crippen LogP contribution >= 0.6 is 0 Å². The van der Waals surface area contributed by atoms with Crippen molar-refractivity contribution < 1.29 is 19.4 Å². The second kappa shape index (κ2) is 8.08. The summed E-state index contributed by atoms with van der Waals surface area (Å²) < 4.78 is 13.2. The number of rotatable bonds is 4. The van der Waals surface area contributed by atoms with Crippen molar-refractivity contribution in [2.24, 2.45) is 7.05 Å². The highest BCUT2D eigenvalue weighted by atomic mass is 16.7. The maximum Gasteiger partial charge on any atom is 0.244 e. The standard InChI is InChI=1S/C28H24N2O4/c1-30-22-9-5-4-8-20(22)21(28(30)18-10-12-24-25(15-18)34-16-33-24)11-13-26(32)29-27-19-7-3-2-6-17(19)14-23(27)31/h2-13,15,23,27,31H,14,16H2,1H3,(H,29,32)/b13-11+/t23-,27+/m0/s1. The lowest BCUT2D eigenvalue weighted by Gasteiger charge is -2.16. The van der Waals surface area contributed by atoms with Crippen LogP contribution in [0.15, 0.2) is 72.8 Å². The summed E-state index contributed by atoms with van der Waals surface area (Å²) in [5, 5.41) is 14.5. The van der Waals surface area contributed by atoms with Gasteiger partial charge in [-0.3, -0.25) is 4.79 Å². The number of para-hydroxylation sites is 1. The van der Waals surface area contributed by atoms with Crippen molar-refractivity contribution in [3.63, 3.8) is 0 Å². The van der Waals surface area contributed by atoms with E-state index in [-0.39, 0.29) is 12.7 Å². The Morgan fingerprint density at radius 1 is 1.06 bits per heavy atom. The predicted octanol–water partition coefficient (Wildman–Crippen LogP) is 4.36. The summed E-state index contributed by atoms with van der Waals surface area (Å²) in [6, 6.07) is 21.4. The molecule has 0 saturated heterocycles. The smallest absolute Gasteiger partial charge is 0.244 e. The highest BCUT2D eigenvalue weighted by molar-refractivity contribution is 6.01. The largest absolute Gasteiger partial charge is 0.454 e. The average Bonchev–Trinajstić information content (AvgIpc) is 3.52. The van der Waals surface area contributed by atoms with Crippen LogP contribution in [0.4, 0.5) is 0 Å². The lowest BCUT2D eigenvalue weighted by atomic mass is 10.0. The average molecular weight is 453 g/mol. The van der Waals surface area contributed by atoms with Gasteiger partial charge in [-0.25, -0.2) is 0 Å². The zero-order valence-electron chi connectivity index (χ0n) is 18.7. The summed E-state index contributed by atoms with van der Waals surface area (Å²) in [6.45, 7) is 0.219. The molecule has 2 aliphatic rings. The van der Waals surface area contributed by atoms with Crippen molar-refractivity contribution in [2.75, 3.05) is 6.79 Å². The van der Waals surface area contributed by atoms with Gasteiger partial charge in [-0.15, -0.1) is 0 Å². The van der Waals surface area contributed by atoms with E-state index in [1.54, 1.807) is 6.08 Å². The van der Waals surface area contributed by atoms with Gasteiger partial charge in [0.1, 0.15) is 0 Å². The van der Waals surface area contributed by atoms with Crippen LogP contribution in [0, 0.1) is 0 Å². The molecule has 0 fully saturated rings. The minimum absolute atomic E-state index is 0.219. The Morgan fingerprint density at radius 2 is 1.85 bits per heavy atom. The molecule has 34 heavy (non-hydrogen) atoms. The van der Waals surface area contributed by atoms with Crippen molar-refractivity contribution in [3.05, 3.63) is 89.5 Å². The molecule has 170 valence electrons. The molecule has 6 rings (SSSR count). The number of carbonyl (C=O) groups is 1. The third-order valence-electron chi connectivity index (χ3n) is 6.70. The maximum absolute atomic E-state index is 12.9. The second-order valence-electron chi connectivity index (χ2n) is 8.70. The number of nitrogens with one attached hydrogen (secondary N) is 1. The number of aryl methyl sites for hydroxylation is 1. The first kappa shape index (κ1) is 20.6. The van der Waals surface area contributed by atoms with Crippen LogP contribution in [0.5, 0.6) is 11.5 Å². The highest BCUT2D eigenvalue weighted by Crippen LogP contribution is 2.40. The fourth-order valence-corrected chi connectivity index (χ4v) is 5.09. The molecule has 0 spiro atoms. The first-order valence-corrected chi connectivity index (χ1v) is 11.3. The lowest BCUT2D eigenvalue weighted by molar-refractivity contribution is -0.117. The number of carbonyl (C=O) groups excluding carboxylic acids is 1. The Bertz CT molecular complexity index is 1450. The van der Waals surface area contributed by atoms with Gasteiger partial charge in [-0.2, -0.15) is 0 Å². The summed E-state index contributed by atoms with van der Waals surface area (Å²) >= 11 is 0. The van der Waals surface area contributed by atoms with E-state index in [4.69, 9.17) is 9.47 Å². The first-order valence-electron chi connectivity index (χ1n) is 11.3. The first-order chi connectivity index (χ1) is 16.6. The number of aromatic nitrogens is 1. The molecule has 1 aliphatic carbocycles. The molecule has 0 saturated carbocycles. The van der Waals surface area contributed by atoms with Crippen LogP contribution in [0.2, 0.25) is 0 Å². The third-order valence-corrected chi connectivity index (χ3v) is 6.70. The van der Waals surface area contributed by atoms with Crippen LogP contribution in [0.25, 0.3) is 28.2 Å². The van der Waals surface area contributed by atoms with E-state index >= 15 is 0 Å². The summed E-state index contributed by atoms with van der Waals surface area (Å²) in [7, 11) is 2.02. The molecule has 1 amide bonds. The summed E-state index contributed by atoms with van der Waals surface area (Å²) in [5.41, 5.74) is 6.01. The minimum Gasteiger partial charge on any atom is -0.454 e. The lowest BCUT2D eigenvalue weighted by Crippen LogP contribution is -2.32. The molecule has 3 aromatic carbocycles. The zero-order valence-corrected chi connectivity index (χ0v) is 18.7. The summed E-state index contributed by atoms with van der Waals surface area (Å²) in [4.78, 5) is 12.9. The number of fused-ring (bicyclic) bond motifs is 3. The Hall–Kier alpha value is -4.03. The van der Waals surface area contributed by atoms with E-state index in [1.807, 2.05) is 67.7 Å². The number of aliphatic hydroxyl groups excluding tert-OH is 1. The quantitative estimate of drug-likeness (QED) is 0.451. The zero-order chi connectivity index (χ0) is 23.2. The van der Waals surface area contributed by atoms with Gasteiger partial charge in [0.15, 0.2) is 11.5 Å². The van der Waals surface area contributed by atoms with Crippen molar-refractivity contribution in [1.29, 1.82) is 0 Å². The summed E-state index contributed by atoms with van der Waals surface area (Å²) in [6.07, 6.45) is 3.32. The van der Waals surface area contributed by atoms with E-state index in [2.05, 4.69) is 22.0 Å². The molecular formula is C28H24N2O4. The Labute approximate surface area is 197 Å². The summed E-state index contributed by atoms with van der Waals surface area (Å²) in [5.74, 6) is 1.20.